The van der Waals surface area contributed by atoms with Gasteiger partial charge in [0.15, 0.2) is 0 Å². The van der Waals surface area contributed by atoms with Crippen molar-refractivity contribution in [3.05, 3.63) is 12.4 Å². The number of ether oxygens (including phenoxy) is 1. The van der Waals surface area contributed by atoms with Crippen LogP contribution in [-0.4, -0.2) is 47.3 Å². The maximum atomic E-state index is 8.59. The first-order chi connectivity index (χ1) is 8.22. The lowest BCUT2D eigenvalue weighted by atomic mass is 10.2. The first kappa shape index (κ1) is 13.4. The van der Waals surface area contributed by atoms with E-state index in [-0.39, 0.29) is 12.3 Å². The molecule has 0 aromatic carbocycles. The minimum absolute atomic E-state index is 0.125. The molecule has 1 rings (SSSR count). The minimum atomic E-state index is -0.161. The Kier molecular flexibility index (Phi) is 5.37. The van der Waals surface area contributed by atoms with Crippen LogP contribution in [0.4, 0.5) is 0 Å². The van der Waals surface area contributed by atoms with E-state index in [1.165, 1.54) is 6.21 Å². The molecule has 94 valence electrons. The Morgan fingerprint density at radius 3 is 3.00 bits per heavy atom. The molecule has 0 aromatic rings. The number of oxime groups is 1. The van der Waals surface area contributed by atoms with Crippen LogP contribution < -0.4 is 0 Å². The molecule has 1 heterocycles. The van der Waals surface area contributed by atoms with Crippen molar-refractivity contribution < 1.29 is 9.94 Å². The van der Waals surface area contributed by atoms with Crippen molar-refractivity contribution in [1.82, 2.24) is 9.80 Å². The summed E-state index contributed by atoms with van der Waals surface area (Å²) in [5.41, 5.74) is 0. The standard InChI is InChI=1S/C12H19N3O2/c1-4-6-11(5-2)17-10-15-8-7-14(3)12(15)9-13-16/h2,7-9,11-12,16H,4,6,10H2,1,3H3/b13-9-. The van der Waals surface area contributed by atoms with Gasteiger partial charge in [-0.3, -0.25) is 0 Å². The third-order valence-corrected chi connectivity index (χ3v) is 2.61. The molecule has 1 aliphatic rings. The largest absolute Gasteiger partial charge is 0.411 e. The molecule has 0 aromatic heterocycles. The SMILES string of the molecule is C#CC(CCC)OCN1C=CN(C)C1/C=N\O. The Morgan fingerprint density at radius 1 is 1.65 bits per heavy atom. The highest BCUT2D eigenvalue weighted by atomic mass is 16.5. The van der Waals surface area contributed by atoms with Gasteiger partial charge in [-0.25, -0.2) is 0 Å². The van der Waals surface area contributed by atoms with E-state index in [4.69, 9.17) is 16.4 Å². The fourth-order valence-corrected chi connectivity index (χ4v) is 1.62. The number of nitrogens with zero attached hydrogens (tertiary/aromatic N) is 3. The summed E-state index contributed by atoms with van der Waals surface area (Å²) in [5.74, 6) is 2.62. The molecule has 0 radical (unpaired) electrons. The summed E-state index contributed by atoms with van der Waals surface area (Å²) < 4.78 is 5.61. The van der Waals surface area contributed by atoms with E-state index >= 15 is 0 Å². The Labute approximate surface area is 102 Å². The summed E-state index contributed by atoms with van der Waals surface area (Å²) >= 11 is 0. The molecule has 5 nitrogen and oxygen atoms in total. The van der Waals surface area contributed by atoms with Gasteiger partial charge in [-0.1, -0.05) is 24.4 Å². The summed E-state index contributed by atoms with van der Waals surface area (Å²) in [4.78, 5) is 3.81. The molecule has 5 heteroatoms. The second-order valence-electron chi connectivity index (χ2n) is 3.90. The van der Waals surface area contributed by atoms with Gasteiger partial charge in [0.25, 0.3) is 0 Å². The number of rotatable bonds is 6. The van der Waals surface area contributed by atoms with Crippen LogP contribution in [0.3, 0.4) is 0 Å². The van der Waals surface area contributed by atoms with E-state index in [1.807, 2.05) is 29.2 Å². The predicted octanol–water partition coefficient (Wildman–Crippen LogP) is 1.27. The van der Waals surface area contributed by atoms with Crippen LogP contribution in [-0.2, 0) is 4.74 Å². The highest BCUT2D eigenvalue weighted by molar-refractivity contribution is 5.64. The zero-order valence-electron chi connectivity index (χ0n) is 10.3. The molecule has 1 N–H and O–H groups in total. The zero-order chi connectivity index (χ0) is 12.7. The monoisotopic (exact) mass is 237 g/mol. The van der Waals surface area contributed by atoms with Gasteiger partial charge in [0.1, 0.15) is 19.0 Å². The highest BCUT2D eigenvalue weighted by Gasteiger charge is 2.22. The molecule has 0 amide bonds. The maximum absolute atomic E-state index is 8.59. The molecule has 0 saturated heterocycles. The summed E-state index contributed by atoms with van der Waals surface area (Å²) in [6.07, 6.45) is 12.1. The fourth-order valence-electron chi connectivity index (χ4n) is 1.62. The van der Waals surface area contributed by atoms with Crippen LogP contribution in [0.15, 0.2) is 17.6 Å². The van der Waals surface area contributed by atoms with Crippen LogP contribution in [0, 0.1) is 12.3 Å². The first-order valence-electron chi connectivity index (χ1n) is 5.64. The van der Waals surface area contributed by atoms with E-state index < -0.39 is 0 Å². The number of hydrogen-bond acceptors (Lipinski definition) is 5. The summed E-state index contributed by atoms with van der Waals surface area (Å²) in [7, 11) is 1.90. The molecule has 0 spiro atoms. The van der Waals surface area contributed by atoms with Gasteiger partial charge in [0, 0.05) is 19.4 Å². The first-order valence-corrected chi connectivity index (χ1v) is 5.64. The summed E-state index contributed by atoms with van der Waals surface area (Å²) in [5, 5.41) is 11.6. The average molecular weight is 237 g/mol. The molecule has 0 fully saturated rings. The zero-order valence-corrected chi connectivity index (χ0v) is 10.3. The Morgan fingerprint density at radius 2 is 2.41 bits per heavy atom. The van der Waals surface area contributed by atoms with Crippen LogP contribution in [0.5, 0.6) is 0 Å². The van der Waals surface area contributed by atoms with Gasteiger partial charge >= 0.3 is 0 Å². The molecule has 0 saturated carbocycles. The molecule has 2 atom stereocenters. The maximum Gasteiger partial charge on any atom is 0.142 e. The van der Waals surface area contributed by atoms with Crippen LogP contribution in [0.1, 0.15) is 19.8 Å². The molecule has 1 aliphatic heterocycles. The van der Waals surface area contributed by atoms with Gasteiger partial charge < -0.3 is 19.7 Å². The van der Waals surface area contributed by atoms with Crippen molar-refractivity contribution >= 4 is 6.21 Å². The van der Waals surface area contributed by atoms with Gasteiger partial charge in [0.05, 0.1) is 6.21 Å². The third kappa shape index (κ3) is 3.68. The van der Waals surface area contributed by atoms with E-state index in [0.29, 0.717) is 6.73 Å². The number of terminal acetylenes is 1. The summed E-state index contributed by atoms with van der Waals surface area (Å²) in [6.45, 7) is 2.45. The van der Waals surface area contributed by atoms with Gasteiger partial charge in [-0.05, 0) is 6.42 Å². The predicted molar refractivity (Wildman–Crippen MR) is 66.3 cm³/mol. The lowest BCUT2D eigenvalue weighted by molar-refractivity contribution is 0.00435. The Hall–Kier alpha value is -1.67. The van der Waals surface area contributed by atoms with Gasteiger partial charge in [0.2, 0.25) is 0 Å². The molecule has 17 heavy (non-hydrogen) atoms. The molecular formula is C12H19N3O2. The van der Waals surface area contributed by atoms with Gasteiger partial charge in [-0.2, -0.15) is 0 Å². The number of hydrogen-bond donors (Lipinski definition) is 1. The summed E-state index contributed by atoms with van der Waals surface area (Å²) in [6, 6.07) is 0. The van der Waals surface area contributed by atoms with Crippen molar-refractivity contribution in [2.24, 2.45) is 5.16 Å². The van der Waals surface area contributed by atoms with Crippen molar-refractivity contribution in [3.63, 3.8) is 0 Å². The molecule has 0 bridgehead atoms. The normalized spacial score (nSPS) is 21.1. The van der Waals surface area contributed by atoms with Crippen molar-refractivity contribution in [1.29, 1.82) is 0 Å². The second-order valence-corrected chi connectivity index (χ2v) is 3.90. The fraction of sp³-hybridized carbons (Fsp3) is 0.583. The highest BCUT2D eigenvalue weighted by Crippen LogP contribution is 2.13. The minimum Gasteiger partial charge on any atom is -0.411 e. The smallest absolute Gasteiger partial charge is 0.142 e. The van der Waals surface area contributed by atoms with Crippen molar-refractivity contribution in [3.8, 4) is 12.3 Å². The average Bonchev–Trinajstić information content (AvgIpc) is 2.67. The van der Waals surface area contributed by atoms with E-state index in [1.54, 1.807) is 0 Å². The molecule has 2 unspecified atom stereocenters. The lowest BCUT2D eigenvalue weighted by Crippen LogP contribution is -2.39. The molecule has 0 aliphatic carbocycles. The van der Waals surface area contributed by atoms with Gasteiger partial charge in [-0.15, -0.1) is 6.42 Å². The van der Waals surface area contributed by atoms with E-state index in [9.17, 15) is 0 Å². The molecular weight excluding hydrogens is 218 g/mol. The van der Waals surface area contributed by atoms with Crippen LogP contribution in [0.2, 0.25) is 0 Å². The quantitative estimate of drug-likeness (QED) is 0.327. The van der Waals surface area contributed by atoms with Crippen molar-refractivity contribution in [2.45, 2.75) is 32.0 Å². The second kappa shape index (κ2) is 6.81. The Balaban J connectivity index is 2.46. The van der Waals surface area contributed by atoms with Crippen LogP contribution in [0.25, 0.3) is 0 Å². The van der Waals surface area contributed by atoms with E-state index in [2.05, 4.69) is 18.0 Å². The van der Waals surface area contributed by atoms with Crippen molar-refractivity contribution in [2.75, 3.05) is 13.8 Å². The van der Waals surface area contributed by atoms with Crippen LogP contribution >= 0.6 is 0 Å². The lowest BCUT2D eigenvalue weighted by Gasteiger charge is -2.27. The Bertz CT molecular complexity index is 322. The van der Waals surface area contributed by atoms with E-state index in [0.717, 1.165) is 12.8 Å². The topological polar surface area (TPSA) is 48.3 Å². The third-order valence-electron chi connectivity index (χ3n) is 2.61.